The molecule has 0 saturated carbocycles. The van der Waals surface area contributed by atoms with E-state index >= 15 is 0 Å². The predicted molar refractivity (Wildman–Crippen MR) is 93.3 cm³/mol. The Bertz CT molecular complexity index is 740. The maximum atomic E-state index is 12.9. The van der Waals surface area contributed by atoms with E-state index in [-0.39, 0.29) is 18.5 Å². The Morgan fingerprint density at radius 2 is 1.62 bits per heavy atom. The number of aryl methyl sites for hydroxylation is 1. The first-order chi connectivity index (χ1) is 11.5. The van der Waals surface area contributed by atoms with Gasteiger partial charge in [-0.2, -0.15) is 0 Å². The molecule has 1 unspecified atom stereocenters. The fourth-order valence-corrected chi connectivity index (χ4v) is 3.10. The van der Waals surface area contributed by atoms with E-state index in [1.807, 2.05) is 54.6 Å². The molecule has 4 heteroatoms. The predicted octanol–water partition coefficient (Wildman–Crippen LogP) is 3.61. The average molecular weight is 322 g/mol. The molecule has 1 saturated heterocycles. The number of hydrogen-bond acceptors (Lipinski definition) is 2. The Balaban J connectivity index is 1.83. The van der Waals surface area contributed by atoms with E-state index in [0.29, 0.717) is 0 Å². The molecule has 4 nitrogen and oxygen atoms in total. The zero-order chi connectivity index (χ0) is 17.2. The average Bonchev–Trinajstić information content (AvgIpc) is 2.81. The SMILES string of the molecule is CCCc1ccc(C2(C)NC(=O)N(Cc3ccccc3)C2=O)cc1. The number of imide groups is 1. The normalized spacial score (nSPS) is 20.3. The molecule has 0 spiro atoms. The lowest BCUT2D eigenvalue weighted by Gasteiger charge is -2.22. The molecule has 0 radical (unpaired) electrons. The monoisotopic (exact) mass is 322 g/mol. The van der Waals surface area contributed by atoms with Gasteiger partial charge in [0.2, 0.25) is 0 Å². The van der Waals surface area contributed by atoms with Crippen molar-refractivity contribution in [2.45, 2.75) is 38.8 Å². The van der Waals surface area contributed by atoms with Gasteiger partial charge in [0.1, 0.15) is 5.54 Å². The van der Waals surface area contributed by atoms with Gasteiger partial charge in [-0.05, 0) is 30.0 Å². The summed E-state index contributed by atoms with van der Waals surface area (Å²) in [7, 11) is 0. The van der Waals surface area contributed by atoms with Crippen LogP contribution >= 0.6 is 0 Å². The molecule has 1 atom stereocenters. The first-order valence-electron chi connectivity index (χ1n) is 8.32. The van der Waals surface area contributed by atoms with Crippen molar-refractivity contribution in [3.63, 3.8) is 0 Å². The lowest BCUT2D eigenvalue weighted by atomic mass is 9.91. The molecule has 0 aromatic heterocycles. The fourth-order valence-electron chi connectivity index (χ4n) is 3.10. The maximum absolute atomic E-state index is 12.9. The molecule has 1 aliphatic rings. The Hall–Kier alpha value is -2.62. The van der Waals surface area contributed by atoms with E-state index < -0.39 is 5.54 Å². The van der Waals surface area contributed by atoms with Crippen LogP contribution in [-0.4, -0.2) is 16.8 Å². The summed E-state index contributed by atoms with van der Waals surface area (Å²) in [5, 5.41) is 2.86. The van der Waals surface area contributed by atoms with Crippen molar-refractivity contribution in [1.29, 1.82) is 0 Å². The second-order valence-electron chi connectivity index (χ2n) is 6.38. The minimum atomic E-state index is -1.00. The van der Waals surface area contributed by atoms with Crippen LogP contribution in [0.4, 0.5) is 4.79 Å². The number of amides is 3. The van der Waals surface area contributed by atoms with E-state index in [2.05, 4.69) is 12.2 Å². The van der Waals surface area contributed by atoms with Crippen molar-refractivity contribution in [2.24, 2.45) is 0 Å². The molecule has 1 fully saturated rings. The van der Waals surface area contributed by atoms with Gasteiger partial charge in [0.05, 0.1) is 6.54 Å². The Labute approximate surface area is 142 Å². The molecular weight excluding hydrogens is 300 g/mol. The third kappa shape index (κ3) is 2.92. The highest BCUT2D eigenvalue weighted by atomic mass is 16.2. The minimum absolute atomic E-state index is 0.209. The summed E-state index contributed by atoms with van der Waals surface area (Å²) >= 11 is 0. The van der Waals surface area contributed by atoms with Gasteiger partial charge >= 0.3 is 6.03 Å². The number of rotatable bonds is 5. The highest BCUT2D eigenvalue weighted by molar-refractivity contribution is 6.07. The van der Waals surface area contributed by atoms with Crippen LogP contribution in [-0.2, 0) is 23.3 Å². The fraction of sp³-hybridized carbons (Fsp3) is 0.300. The highest BCUT2D eigenvalue weighted by Gasteiger charge is 2.48. The van der Waals surface area contributed by atoms with Crippen LogP contribution in [0.25, 0.3) is 0 Å². The van der Waals surface area contributed by atoms with Gasteiger partial charge in [-0.1, -0.05) is 67.9 Å². The molecule has 2 aromatic carbocycles. The van der Waals surface area contributed by atoms with Crippen LogP contribution < -0.4 is 5.32 Å². The first kappa shape index (κ1) is 16.2. The molecule has 1 heterocycles. The molecule has 0 bridgehead atoms. The topological polar surface area (TPSA) is 49.4 Å². The van der Waals surface area contributed by atoms with E-state index in [4.69, 9.17) is 0 Å². The molecular formula is C20H22N2O2. The third-order valence-corrected chi connectivity index (χ3v) is 4.53. The zero-order valence-corrected chi connectivity index (χ0v) is 14.1. The van der Waals surface area contributed by atoms with Gasteiger partial charge in [0.25, 0.3) is 5.91 Å². The Morgan fingerprint density at radius 3 is 2.25 bits per heavy atom. The lowest BCUT2D eigenvalue weighted by Crippen LogP contribution is -2.40. The van der Waals surface area contributed by atoms with Crippen molar-refractivity contribution in [3.05, 3.63) is 71.3 Å². The maximum Gasteiger partial charge on any atom is 0.325 e. The number of nitrogens with one attached hydrogen (secondary N) is 1. The van der Waals surface area contributed by atoms with Gasteiger partial charge in [-0.15, -0.1) is 0 Å². The van der Waals surface area contributed by atoms with Gasteiger partial charge in [0.15, 0.2) is 0 Å². The molecule has 3 amide bonds. The van der Waals surface area contributed by atoms with Crippen molar-refractivity contribution >= 4 is 11.9 Å². The standard InChI is InChI=1S/C20H22N2O2/c1-3-7-15-10-12-17(13-11-15)20(2)18(23)22(19(24)21-20)14-16-8-5-4-6-9-16/h4-6,8-13H,3,7,14H2,1-2H3,(H,21,24). The number of carbonyl (C=O) groups is 2. The Morgan fingerprint density at radius 1 is 0.958 bits per heavy atom. The first-order valence-corrected chi connectivity index (χ1v) is 8.32. The second-order valence-corrected chi connectivity index (χ2v) is 6.38. The summed E-state index contributed by atoms with van der Waals surface area (Å²) in [4.78, 5) is 26.5. The molecule has 1 N–H and O–H groups in total. The summed E-state index contributed by atoms with van der Waals surface area (Å²) in [6, 6.07) is 17.1. The summed E-state index contributed by atoms with van der Waals surface area (Å²) in [6.07, 6.45) is 2.09. The summed E-state index contributed by atoms with van der Waals surface area (Å²) in [5.41, 5.74) is 1.99. The number of nitrogens with zero attached hydrogens (tertiary/aromatic N) is 1. The van der Waals surface area contributed by atoms with Crippen molar-refractivity contribution < 1.29 is 9.59 Å². The van der Waals surface area contributed by atoms with Crippen LogP contribution in [0.1, 0.15) is 37.0 Å². The number of carbonyl (C=O) groups excluding carboxylic acids is 2. The van der Waals surface area contributed by atoms with E-state index in [1.54, 1.807) is 6.92 Å². The van der Waals surface area contributed by atoms with E-state index in [1.165, 1.54) is 10.5 Å². The van der Waals surface area contributed by atoms with Gasteiger partial charge in [-0.25, -0.2) is 4.79 Å². The van der Waals surface area contributed by atoms with Crippen LogP contribution in [0, 0.1) is 0 Å². The van der Waals surface area contributed by atoms with Gasteiger partial charge in [-0.3, -0.25) is 9.69 Å². The largest absolute Gasteiger partial charge is 0.325 e. The molecule has 1 aliphatic heterocycles. The smallest absolute Gasteiger partial charge is 0.319 e. The molecule has 0 aliphatic carbocycles. The molecule has 2 aromatic rings. The summed E-state index contributed by atoms with van der Waals surface area (Å²) in [6.45, 7) is 4.19. The third-order valence-electron chi connectivity index (χ3n) is 4.53. The minimum Gasteiger partial charge on any atom is -0.319 e. The molecule has 124 valence electrons. The van der Waals surface area contributed by atoms with Crippen LogP contribution in [0.3, 0.4) is 0 Å². The van der Waals surface area contributed by atoms with Crippen LogP contribution in [0.2, 0.25) is 0 Å². The van der Waals surface area contributed by atoms with Crippen molar-refractivity contribution in [1.82, 2.24) is 10.2 Å². The lowest BCUT2D eigenvalue weighted by molar-refractivity contribution is -0.131. The van der Waals surface area contributed by atoms with Crippen LogP contribution in [0.5, 0.6) is 0 Å². The van der Waals surface area contributed by atoms with Gasteiger partial charge < -0.3 is 5.32 Å². The van der Waals surface area contributed by atoms with E-state index in [0.717, 1.165) is 24.0 Å². The number of benzene rings is 2. The summed E-state index contributed by atoms with van der Waals surface area (Å²) in [5.74, 6) is -0.209. The molecule has 3 rings (SSSR count). The summed E-state index contributed by atoms with van der Waals surface area (Å²) < 4.78 is 0. The van der Waals surface area contributed by atoms with E-state index in [9.17, 15) is 9.59 Å². The molecule has 24 heavy (non-hydrogen) atoms. The van der Waals surface area contributed by atoms with Crippen molar-refractivity contribution in [2.75, 3.05) is 0 Å². The van der Waals surface area contributed by atoms with Crippen LogP contribution in [0.15, 0.2) is 54.6 Å². The second kappa shape index (κ2) is 6.48. The number of urea groups is 1. The number of hydrogen-bond donors (Lipinski definition) is 1. The quantitative estimate of drug-likeness (QED) is 0.855. The zero-order valence-electron chi connectivity index (χ0n) is 14.1. The van der Waals surface area contributed by atoms with Gasteiger partial charge in [0, 0.05) is 0 Å². The Kier molecular flexibility index (Phi) is 4.38. The highest BCUT2D eigenvalue weighted by Crippen LogP contribution is 2.30. The van der Waals surface area contributed by atoms with Crippen molar-refractivity contribution in [3.8, 4) is 0 Å².